The smallest absolute Gasteiger partial charge is 0.218 e. The number of nitrogens with zero attached hydrogens (tertiary/aromatic N) is 4. The van der Waals surface area contributed by atoms with Gasteiger partial charge in [0, 0.05) is 48.4 Å². The number of aromatic amines is 1. The van der Waals surface area contributed by atoms with Gasteiger partial charge >= 0.3 is 0 Å². The van der Waals surface area contributed by atoms with Gasteiger partial charge in [-0.25, -0.2) is 4.98 Å². The number of fused-ring (bicyclic) bond motifs is 1. The third-order valence-corrected chi connectivity index (χ3v) is 6.04. The SMILES string of the molecule is Cc1[nH]c2ccc(Cc3nc(OCCOc4cccnc4)cc(N4CCOCC4)n3)cc2c1C. The zero-order valence-corrected chi connectivity index (χ0v) is 19.6. The van der Waals surface area contributed by atoms with Crippen LogP contribution >= 0.6 is 0 Å². The molecule has 4 aromatic rings. The van der Waals surface area contributed by atoms with Crippen LogP contribution in [0.4, 0.5) is 5.82 Å². The monoisotopic (exact) mass is 459 g/mol. The van der Waals surface area contributed by atoms with Gasteiger partial charge in [0.1, 0.15) is 30.6 Å². The molecule has 1 aliphatic rings. The van der Waals surface area contributed by atoms with E-state index in [1.54, 1.807) is 12.4 Å². The van der Waals surface area contributed by atoms with E-state index in [2.05, 4.69) is 46.9 Å². The van der Waals surface area contributed by atoms with Gasteiger partial charge in [0.25, 0.3) is 0 Å². The molecule has 1 saturated heterocycles. The first-order valence-electron chi connectivity index (χ1n) is 11.6. The molecule has 0 aliphatic carbocycles. The summed E-state index contributed by atoms with van der Waals surface area (Å²) in [5.41, 5.74) is 4.79. The average molecular weight is 460 g/mol. The van der Waals surface area contributed by atoms with E-state index in [1.807, 2.05) is 18.2 Å². The molecule has 1 N–H and O–H groups in total. The minimum absolute atomic E-state index is 0.377. The summed E-state index contributed by atoms with van der Waals surface area (Å²) in [7, 11) is 0. The lowest BCUT2D eigenvalue weighted by Crippen LogP contribution is -2.37. The van der Waals surface area contributed by atoms with Crippen molar-refractivity contribution < 1.29 is 14.2 Å². The van der Waals surface area contributed by atoms with Crippen molar-refractivity contribution in [1.82, 2.24) is 19.9 Å². The molecule has 0 bridgehead atoms. The molecule has 8 heteroatoms. The molecule has 0 atom stereocenters. The molecule has 0 spiro atoms. The van der Waals surface area contributed by atoms with Crippen LogP contribution in [-0.2, 0) is 11.2 Å². The third-order valence-electron chi connectivity index (χ3n) is 6.04. The molecule has 1 fully saturated rings. The van der Waals surface area contributed by atoms with Crippen molar-refractivity contribution in [3.63, 3.8) is 0 Å². The Labute approximate surface area is 198 Å². The van der Waals surface area contributed by atoms with Crippen LogP contribution in [0.3, 0.4) is 0 Å². The number of anilines is 1. The van der Waals surface area contributed by atoms with Gasteiger partial charge in [-0.05, 0) is 49.2 Å². The van der Waals surface area contributed by atoms with Crippen molar-refractivity contribution in [2.75, 3.05) is 44.4 Å². The van der Waals surface area contributed by atoms with Gasteiger partial charge in [-0.3, -0.25) is 4.98 Å². The Morgan fingerprint density at radius 3 is 2.71 bits per heavy atom. The lowest BCUT2D eigenvalue weighted by molar-refractivity contribution is 0.122. The first-order valence-corrected chi connectivity index (χ1v) is 11.6. The first-order chi connectivity index (χ1) is 16.7. The number of nitrogens with one attached hydrogen (secondary N) is 1. The summed E-state index contributed by atoms with van der Waals surface area (Å²) in [5, 5.41) is 1.24. The summed E-state index contributed by atoms with van der Waals surface area (Å²) in [6, 6.07) is 12.1. The predicted molar refractivity (Wildman–Crippen MR) is 131 cm³/mol. The fourth-order valence-electron chi connectivity index (χ4n) is 4.11. The maximum Gasteiger partial charge on any atom is 0.218 e. The molecular weight excluding hydrogens is 430 g/mol. The highest BCUT2D eigenvalue weighted by Gasteiger charge is 2.16. The molecule has 34 heavy (non-hydrogen) atoms. The second kappa shape index (κ2) is 10.1. The summed E-state index contributed by atoms with van der Waals surface area (Å²) >= 11 is 0. The number of hydrogen-bond donors (Lipinski definition) is 1. The number of ether oxygens (including phenoxy) is 3. The van der Waals surface area contributed by atoms with Crippen molar-refractivity contribution in [2.24, 2.45) is 0 Å². The van der Waals surface area contributed by atoms with E-state index in [9.17, 15) is 0 Å². The van der Waals surface area contributed by atoms with E-state index >= 15 is 0 Å². The molecule has 1 aliphatic heterocycles. The highest BCUT2D eigenvalue weighted by Crippen LogP contribution is 2.25. The Kier molecular flexibility index (Phi) is 6.58. The van der Waals surface area contributed by atoms with E-state index in [-0.39, 0.29) is 0 Å². The van der Waals surface area contributed by atoms with E-state index < -0.39 is 0 Å². The number of morpholine rings is 1. The summed E-state index contributed by atoms with van der Waals surface area (Å²) in [5.74, 6) is 2.87. The molecule has 3 aromatic heterocycles. The van der Waals surface area contributed by atoms with Crippen molar-refractivity contribution >= 4 is 16.7 Å². The largest absolute Gasteiger partial charge is 0.488 e. The Morgan fingerprint density at radius 1 is 1.03 bits per heavy atom. The number of H-pyrrole nitrogens is 1. The predicted octanol–water partition coefficient (Wildman–Crippen LogP) is 3.85. The Balaban J connectivity index is 1.34. The Bertz CT molecular complexity index is 1250. The van der Waals surface area contributed by atoms with Crippen LogP contribution in [-0.4, -0.2) is 59.5 Å². The summed E-state index contributed by atoms with van der Waals surface area (Å²) in [6.07, 6.45) is 4.03. The number of rotatable bonds is 8. The summed E-state index contributed by atoms with van der Waals surface area (Å²) < 4.78 is 17.2. The van der Waals surface area contributed by atoms with E-state index in [4.69, 9.17) is 24.2 Å². The quantitative estimate of drug-likeness (QED) is 0.401. The molecule has 4 heterocycles. The lowest BCUT2D eigenvalue weighted by Gasteiger charge is -2.28. The lowest BCUT2D eigenvalue weighted by atomic mass is 10.1. The van der Waals surface area contributed by atoms with Gasteiger partial charge in [-0.15, -0.1) is 0 Å². The standard InChI is InChI=1S/C26H29N5O3/c1-18-19(2)28-23-6-5-20(14-22(18)23)15-24-29-25(31-8-10-32-11-9-31)16-26(30-24)34-13-12-33-21-4-3-7-27-17-21/h3-7,14,16-17,28H,8-13,15H2,1-2H3. The first kappa shape index (κ1) is 22.2. The van der Waals surface area contributed by atoms with Gasteiger partial charge in [0.15, 0.2) is 0 Å². The van der Waals surface area contributed by atoms with Crippen LogP contribution < -0.4 is 14.4 Å². The zero-order chi connectivity index (χ0) is 23.3. The molecule has 0 radical (unpaired) electrons. The van der Waals surface area contributed by atoms with Crippen LogP contribution in [0.25, 0.3) is 10.9 Å². The van der Waals surface area contributed by atoms with Gasteiger partial charge in [-0.2, -0.15) is 4.98 Å². The molecule has 8 nitrogen and oxygen atoms in total. The fraction of sp³-hybridized carbons (Fsp3) is 0.346. The normalized spacial score (nSPS) is 13.9. The molecule has 1 aromatic carbocycles. The van der Waals surface area contributed by atoms with E-state index in [1.165, 1.54) is 22.2 Å². The van der Waals surface area contributed by atoms with Crippen molar-refractivity contribution in [3.8, 4) is 11.6 Å². The minimum Gasteiger partial charge on any atom is -0.488 e. The van der Waals surface area contributed by atoms with Gasteiger partial charge < -0.3 is 24.1 Å². The third kappa shape index (κ3) is 5.12. The van der Waals surface area contributed by atoms with Crippen LogP contribution in [0, 0.1) is 13.8 Å². The maximum absolute atomic E-state index is 5.97. The maximum atomic E-state index is 5.97. The number of pyridine rings is 1. The molecule has 176 valence electrons. The van der Waals surface area contributed by atoms with Crippen LogP contribution in [0.1, 0.15) is 22.6 Å². The average Bonchev–Trinajstić information content (AvgIpc) is 3.16. The topological polar surface area (TPSA) is 85.4 Å². The number of hydrogen-bond acceptors (Lipinski definition) is 7. The van der Waals surface area contributed by atoms with E-state index in [0.717, 1.165) is 30.2 Å². The molecule has 0 amide bonds. The second-order valence-electron chi connectivity index (χ2n) is 8.40. The summed E-state index contributed by atoms with van der Waals surface area (Å²) in [4.78, 5) is 19.3. The molecule has 0 saturated carbocycles. The second-order valence-corrected chi connectivity index (χ2v) is 8.40. The molecule has 0 unspecified atom stereocenters. The van der Waals surface area contributed by atoms with Crippen molar-refractivity contribution in [1.29, 1.82) is 0 Å². The minimum atomic E-state index is 0.377. The number of aromatic nitrogens is 4. The summed E-state index contributed by atoms with van der Waals surface area (Å²) in [6.45, 7) is 8.01. The molecular formula is C26H29N5O3. The van der Waals surface area contributed by atoms with Gasteiger partial charge in [0.05, 0.1) is 19.4 Å². The van der Waals surface area contributed by atoms with Crippen molar-refractivity contribution in [3.05, 3.63) is 71.4 Å². The van der Waals surface area contributed by atoms with E-state index in [0.29, 0.717) is 44.5 Å². The van der Waals surface area contributed by atoms with Crippen LogP contribution in [0.5, 0.6) is 11.6 Å². The van der Waals surface area contributed by atoms with Crippen LogP contribution in [0.2, 0.25) is 0 Å². The Morgan fingerprint density at radius 2 is 1.88 bits per heavy atom. The Hall–Kier alpha value is -3.65. The highest BCUT2D eigenvalue weighted by atomic mass is 16.5. The van der Waals surface area contributed by atoms with Gasteiger partial charge in [0.2, 0.25) is 5.88 Å². The fourth-order valence-corrected chi connectivity index (χ4v) is 4.11. The van der Waals surface area contributed by atoms with Crippen molar-refractivity contribution in [2.45, 2.75) is 20.3 Å². The van der Waals surface area contributed by atoms with Crippen LogP contribution in [0.15, 0.2) is 48.8 Å². The van der Waals surface area contributed by atoms with Gasteiger partial charge in [-0.1, -0.05) is 6.07 Å². The zero-order valence-electron chi connectivity index (χ0n) is 19.6. The molecule has 5 rings (SSSR count). The highest BCUT2D eigenvalue weighted by molar-refractivity contribution is 5.85. The number of benzene rings is 1. The number of aryl methyl sites for hydroxylation is 2.